The van der Waals surface area contributed by atoms with Crippen molar-refractivity contribution in [1.82, 2.24) is 10.2 Å². The molecule has 2 amide bonds. The lowest BCUT2D eigenvalue weighted by molar-refractivity contribution is -0.139. The van der Waals surface area contributed by atoms with Crippen molar-refractivity contribution in [2.45, 2.75) is 51.1 Å². The van der Waals surface area contributed by atoms with Gasteiger partial charge in [-0.15, -0.1) is 0 Å². The van der Waals surface area contributed by atoms with Gasteiger partial charge >= 0.3 is 0 Å². The van der Waals surface area contributed by atoms with Crippen LogP contribution in [0.3, 0.4) is 0 Å². The Bertz CT molecular complexity index is 1120. The van der Waals surface area contributed by atoms with Crippen LogP contribution in [-0.2, 0) is 26.0 Å². The van der Waals surface area contributed by atoms with Gasteiger partial charge in [0.05, 0.1) is 11.9 Å². The minimum Gasteiger partial charge on any atom is -0.352 e. The summed E-state index contributed by atoms with van der Waals surface area (Å²) >= 11 is 12.2. The van der Waals surface area contributed by atoms with Crippen molar-refractivity contribution in [3.05, 3.63) is 64.1 Å². The van der Waals surface area contributed by atoms with E-state index in [1.54, 1.807) is 6.92 Å². The minimum atomic E-state index is -3.84. The van der Waals surface area contributed by atoms with E-state index >= 15 is 0 Å². The number of hydrogen-bond donors (Lipinski definition) is 1. The van der Waals surface area contributed by atoms with E-state index in [9.17, 15) is 18.0 Å². The summed E-state index contributed by atoms with van der Waals surface area (Å²) in [6.45, 7) is 1.45. The molecule has 1 aliphatic rings. The number of carbonyl (C=O) groups excluding carboxylic acids is 2. The average molecular weight is 541 g/mol. The molecule has 2 aromatic carbocycles. The molecule has 0 aliphatic heterocycles. The second-order valence-electron chi connectivity index (χ2n) is 8.89. The Kier molecular flexibility index (Phi) is 9.44. The third-order valence-corrected chi connectivity index (χ3v) is 7.74. The van der Waals surface area contributed by atoms with E-state index in [1.165, 1.54) is 23.1 Å². The fourth-order valence-corrected chi connectivity index (χ4v) is 5.61. The summed E-state index contributed by atoms with van der Waals surface area (Å²) in [5.41, 5.74) is 1.19. The van der Waals surface area contributed by atoms with Gasteiger partial charge in [0.15, 0.2) is 0 Å². The molecule has 1 N–H and O–H groups in total. The zero-order valence-corrected chi connectivity index (χ0v) is 22.2. The van der Waals surface area contributed by atoms with Crippen LogP contribution in [0.1, 0.15) is 38.2 Å². The smallest absolute Gasteiger partial charge is 0.244 e. The number of carbonyl (C=O) groups is 2. The average Bonchev–Trinajstić information content (AvgIpc) is 3.29. The summed E-state index contributed by atoms with van der Waals surface area (Å²) in [4.78, 5) is 28.0. The van der Waals surface area contributed by atoms with Gasteiger partial charge in [-0.05, 0) is 49.9 Å². The second-order valence-corrected chi connectivity index (χ2v) is 11.7. The molecule has 10 heteroatoms. The van der Waals surface area contributed by atoms with Crippen LogP contribution in [0, 0.1) is 0 Å². The molecule has 35 heavy (non-hydrogen) atoms. The zero-order chi connectivity index (χ0) is 25.6. The summed E-state index contributed by atoms with van der Waals surface area (Å²) in [7, 11) is -3.84. The Hall–Kier alpha value is -2.29. The highest BCUT2D eigenvalue weighted by molar-refractivity contribution is 7.92. The van der Waals surface area contributed by atoms with Crippen LogP contribution in [0.25, 0.3) is 0 Å². The number of amides is 2. The fraction of sp³-hybridized carbons (Fsp3) is 0.440. The fourth-order valence-electron chi connectivity index (χ4n) is 4.26. The first-order valence-corrected chi connectivity index (χ1v) is 14.2. The van der Waals surface area contributed by atoms with Crippen LogP contribution < -0.4 is 9.62 Å². The first-order chi connectivity index (χ1) is 16.5. The molecular weight excluding hydrogens is 509 g/mol. The summed E-state index contributed by atoms with van der Waals surface area (Å²) in [6, 6.07) is 13.3. The van der Waals surface area contributed by atoms with Crippen LogP contribution in [0.5, 0.6) is 0 Å². The van der Waals surface area contributed by atoms with Crippen molar-refractivity contribution in [2.24, 2.45) is 0 Å². The molecule has 1 saturated carbocycles. The number of anilines is 1. The summed E-state index contributed by atoms with van der Waals surface area (Å²) in [5, 5.41) is 3.54. The zero-order valence-electron chi connectivity index (χ0n) is 19.9. The van der Waals surface area contributed by atoms with Gasteiger partial charge in [-0.1, -0.05) is 66.4 Å². The standard InChI is InChI=1S/C25H31Cl2N3O4S/c1-18(25(32)28-22-10-6-7-11-22)29(13-12-19-8-4-3-5-9-19)24(31)17-30(35(2,33)34)23-15-20(26)14-21(27)16-23/h3-5,8-9,14-16,18,22H,6-7,10-13,17H2,1-2H3,(H,28,32)/t18-/m1/s1. The van der Waals surface area contributed by atoms with Crippen molar-refractivity contribution >= 4 is 50.7 Å². The number of nitrogens with zero attached hydrogens (tertiary/aromatic N) is 2. The third kappa shape index (κ3) is 7.85. The first-order valence-electron chi connectivity index (χ1n) is 11.6. The molecule has 2 aromatic rings. The monoisotopic (exact) mass is 539 g/mol. The highest BCUT2D eigenvalue weighted by Crippen LogP contribution is 2.27. The molecule has 0 aromatic heterocycles. The van der Waals surface area contributed by atoms with E-state index in [4.69, 9.17) is 23.2 Å². The number of rotatable bonds is 10. The molecule has 1 fully saturated rings. The topological polar surface area (TPSA) is 86.8 Å². The molecule has 0 spiro atoms. The molecule has 0 radical (unpaired) electrons. The molecule has 7 nitrogen and oxygen atoms in total. The van der Waals surface area contributed by atoms with Crippen LogP contribution in [-0.4, -0.2) is 56.6 Å². The van der Waals surface area contributed by atoms with E-state index in [0.29, 0.717) is 6.42 Å². The van der Waals surface area contributed by atoms with Crippen LogP contribution >= 0.6 is 23.2 Å². The van der Waals surface area contributed by atoms with Crippen molar-refractivity contribution in [2.75, 3.05) is 23.7 Å². The maximum atomic E-state index is 13.5. The van der Waals surface area contributed by atoms with Crippen LogP contribution in [0.4, 0.5) is 5.69 Å². The van der Waals surface area contributed by atoms with Gasteiger partial charge in [-0.2, -0.15) is 0 Å². The van der Waals surface area contributed by atoms with Gasteiger partial charge in [-0.25, -0.2) is 8.42 Å². The predicted molar refractivity (Wildman–Crippen MR) is 140 cm³/mol. The van der Waals surface area contributed by atoms with Crippen molar-refractivity contribution in [3.63, 3.8) is 0 Å². The molecule has 190 valence electrons. The van der Waals surface area contributed by atoms with Crippen molar-refractivity contribution in [1.29, 1.82) is 0 Å². The summed E-state index contributed by atoms with van der Waals surface area (Å²) in [6.07, 6.45) is 5.53. The highest BCUT2D eigenvalue weighted by atomic mass is 35.5. The largest absolute Gasteiger partial charge is 0.352 e. The maximum absolute atomic E-state index is 13.5. The molecule has 1 aliphatic carbocycles. The Balaban J connectivity index is 1.84. The first kappa shape index (κ1) is 27.3. The number of nitrogens with one attached hydrogen (secondary N) is 1. The van der Waals surface area contributed by atoms with Gasteiger partial charge in [0.25, 0.3) is 0 Å². The number of halogens is 2. The molecule has 1 atom stereocenters. The van der Waals surface area contributed by atoms with Gasteiger partial charge in [0.2, 0.25) is 21.8 Å². The van der Waals surface area contributed by atoms with Crippen LogP contribution in [0.2, 0.25) is 10.0 Å². The number of sulfonamides is 1. The second kappa shape index (κ2) is 12.1. The SMILES string of the molecule is C[C@H](C(=O)NC1CCCC1)N(CCc1ccccc1)C(=O)CN(c1cc(Cl)cc(Cl)c1)S(C)(=O)=O. The Morgan fingerprint density at radius 1 is 1.06 bits per heavy atom. The minimum absolute atomic E-state index is 0.108. The van der Waals surface area contributed by atoms with Gasteiger partial charge < -0.3 is 10.2 Å². The Morgan fingerprint density at radius 2 is 1.66 bits per heavy atom. The van der Waals surface area contributed by atoms with Gasteiger partial charge in [0, 0.05) is 22.6 Å². The quantitative estimate of drug-likeness (QED) is 0.488. The number of hydrogen-bond acceptors (Lipinski definition) is 4. The van der Waals surface area contributed by atoms with Gasteiger partial charge in [-0.3, -0.25) is 13.9 Å². The molecule has 0 unspecified atom stereocenters. The Labute approximate surface area is 217 Å². The highest BCUT2D eigenvalue weighted by Gasteiger charge is 2.31. The maximum Gasteiger partial charge on any atom is 0.244 e. The van der Waals surface area contributed by atoms with E-state index < -0.39 is 28.5 Å². The van der Waals surface area contributed by atoms with Gasteiger partial charge in [0.1, 0.15) is 12.6 Å². The lowest BCUT2D eigenvalue weighted by Crippen LogP contribution is -2.53. The van der Waals surface area contributed by atoms with E-state index in [0.717, 1.165) is 41.8 Å². The molecular formula is C25H31Cl2N3O4S. The molecule has 0 bridgehead atoms. The lowest BCUT2D eigenvalue weighted by atomic mass is 10.1. The summed E-state index contributed by atoms with van der Waals surface area (Å²) < 4.78 is 26.2. The van der Waals surface area contributed by atoms with Crippen LogP contribution in [0.15, 0.2) is 48.5 Å². The normalized spacial score (nSPS) is 15.0. The molecule has 3 rings (SSSR count). The molecule has 0 heterocycles. The summed E-state index contributed by atoms with van der Waals surface area (Å²) in [5.74, 6) is -0.730. The predicted octanol–water partition coefficient (Wildman–Crippen LogP) is 4.28. The molecule has 0 saturated heterocycles. The van der Waals surface area contributed by atoms with Crippen molar-refractivity contribution < 1.29 is 18.0 Å². The van der Waals surface area contributed by atoms with E-state index in [1.807, 2.05) is 30.3 Å². The lowest BCUT2D eigenvalue weighted by Gasteiger charge is -2.32. The van der Waals surface area contributed by atoms with E-state index in [2.05, 4.69) is 5.32 Å². The number of benzene rings is 2. The van der Waals surface area contributed by atoms with E-state index in [-0.39, 0.29) is 34.2 Å². The third-order valence-electron chi connectivity index (χ3n) is 6.17. The Morgan fingerprint density at radius 3 is 2.23 bits per heavy atom. The van der Waals surface area contributed by atoms with Crippen molar-refractivity contribution in [3.8, 4) is 0 Å².